The molecule has 7 heteroatoms. The van der Waals surface area contributed by atoms with Crippen LogP contribution in [0.2, 0.25) is 0 Å². The second-order valence-corrected chi connectivity index (χ2v) is 4.96. The van der Waals surface area contributed by atoms with Gasteiger partial charge in [0.1, 0.15) is 5.25 Å². The van der Waals surface area contributed by atoms with Gasteiger partial charge in [0.2, 0.25) is 15.9 Å². The van der Waals surface area contributed by atoms with Gasteiger partial charge in [0.25, 0.3) is 0 Å². The summed E-state index contributed by atoms with van der Waals surface area (Å²) in [4.78, 5) is 10.8. The van der Waals surface area contributed by atoms with Crippen molar-refractivity contribution in [2.45, 2.75) is 11.7 Å². The van der Waals surface area contributed by atoms with Gasteiger partial charge in [-0.1, -0.05) is 0 Å². The van der Waals surface area contributed by atoms with Crippen LogP contribution in [0.15, 0.2) is 0 Å². The lowest BCUT2D eigenvalue weighted by molar-refractivity contribution is -0.121. The third kappa shape index (κ3) is 1.28. The highest BCUT2D eigenvalue weighted by Gasteiger charge is 2.66. The van der Waals surface area contributed by atoms with Crippen molar-refractivity contribution in [3.8, 4) is 6.07 Å². The minimum Gasteiger partial charge on any atom is -0.368 e. The number of hydrogen-bond acceptors (Lipinski definition) is 4. The molecule has 1 aliphatic carbocycles. The minimum absolute atomic E-state index is 0.0119. The molecule has 0 aliphatic heterocycles. The third-order valence-electron chi connectivity index (χ3n) is 2.20. The average molecular weight is 203 g/mol. The molecule has 0 bridgehead atoms. The maximum atomic E-state index is 11.2. The summed E-state index contributed by atoms with van der Waals surface area (Å²) in [6.07, 6.45) is -0.0119. The molecule has 0 radical (unpaired) electrons. The summed E-state index contributed by atoms with van der Waals surface area (Å²) in [7, 11) is -2.33. The lowest BCUT2D eigenvalue weighted by Crippen LogP contribution is -2.33. The predicted molar refractivity (Wildman–Crippen MR) is 43.6 cm³/mol. The standard InChI is InChI=1S/C6H9N3O3S/c1-9-13(11,12)4-2-6(4,3-7)5(8)10/h4,9H,2H2,1H3,(H2,8,10)/t4-,6+/m1/s1. The zero-order valence-corrected chi connectivity index (χ0v) is 7.76. The maximum Gasteiger partial charge on any atom is 0.239 e. The molecule has 0 heterocycles. The second-order valence-electron chi connectivity index (χ2n) is 2.89. The Morgan fingerprint density at radius 2 is 2.31 bits per heavy atom. The number of primary amides is 1. The summed E-state index contributed by atoms with van der Waals surface area (Å²) in [6.45, 7) is 0. The second kappa shape index (κ2) is 2.68. The highest BCUT2D eigenvalue weighted by molar-refractivity contribution is 7.90. The molecule has 0 aromatic heterocycles. The van der Waals surface area contributed by atoms with E-state index in [1.54, 1.807) is 6.07 Å². The van der Waals surface area contributed by atoms with Crippen LogP contribution in [0.4, 0.5) is 0 Å². The molecule has 0 aromatic rings. The summed E-state index contributed by atoms with van der Waals surface area (Å²) in [5.74, 6) is -0.876. The highest BCUT2D eigenvalue weighted by atomic mass is 32.2. The Balaban J connectivity index is 2.97. The normalized spacial score (nSPS) is 32.2. The van der Waals surface area contributed by atoms with Crippen molar-refractivity contribution < 1.29 is 13.2 Å². The molecule has 1 saturated carbocycles. The number of hydrogen-bond donors (Lipinski definition) is 2. The van der Waals surface area contributed by atoms with E-state index in [1.807, 2.05) is 0 Å². The van der Waals surface area contributed by atoms with E-state index in [4.69, 9.17) is 11.0 Å². The number of nitrogens with two attached hydrogens (primary N) is 1. The number of nitrogens with one attached hydrogen (secondary N) is 1. The monoisotopic (exact) mass is 203 g/mol. The quantitative estimate of drug-likeness (QED) is 0.569. The molecule has 2 atom stereocenters. The van der Waals surface area contributed by atoms with Crippen molar-refractivity contribution in [2.24, 2.45) is 11.1 Å². The zero-order valence-electron chi connectivity index (χ0n) is 6.94. The van der Waals surface area contributed by atoms with Crippen LogP contribution in [0.3, 0.4) is 0 Å². The SMILES string of the molecule is CNS(=O)(=O)[C@@H]1C[C@@]1(C#N)C(N)=O. The molecule has 0 saturated heterocycles. The van der Waals surface area contributed by atoms with Gasteiger partial charge in [0.05, 0.1) is 6.07 Å². The molecular weight excluding hydrogens is 194 g/mol. The van der Waals surface area contributed by atoms with Gasteiger partial charge in [-0.15, -0.1) is 0 Å². The van der Waals surface area contributed by atoms with Crippen molar-refractivity contribution in [2.75, 3.05) is 7.05 Å². The van der Waals surface area contributed by atoms with E-state index in [2.05, 4.69) is 4.72 Å². The predicted octanol–water partition coefficient (Wildman–Crippen LogP) is -1.70. The number of sulfonamides is 1. The summed E-state index contributed by atoms with van der Waals surface area (Å²) >= 11 is 0. The van der Waals surface area contributed by atoms with E-state index in [9.17, 15) is 13.2 Å². The first kappa shape index (κ1) is 9.95. The molecule has 72 valence electrons. The van der Waals surface area contributed by atoms with Crippen LogP contribution in [0.1, 0.15) is 6.42 Å². The Hall–Kier alpha value is -1.13. The van der Waals surface area contributed by atoms with E-state index in [0.717, 1.165) is 0 Å². The summed E-state index contributed by atoms with van der Waals surface area (Å²) in [5.41, 5.74) is 3.42. The molecule has 3 N–H and O–H groups in total. The summed E-state index contributed by atoms with van der Waals surface area (Å²) in [6, 6.07) is 1.65. The van der Waals surface area contributed by atoms with E-state index < -0.39 is 26.6 Å². The van der Waals surface area contributed by atoms with E-state index in [0.29, 0.717) is 0 Å². The Morgan fingerprint density at radius 3 is 2.54 bits per heavy atom. The number of amides is 1. The van der Waals surface area contributed by atoms with Crippen molar-refractivity contribution in [1.82, 2.24) is 4.72 Å². The lowest BCUT2D eigenvalue weighted by atomic mass is 10.1. The molecule has 1 aliphatic rings. The molecule has 0 aromatic carbocycles. The lowest BCUT2D eigenvalue weighted by Gasteiger charge is -2.03. The van der Waals surface area contributed by atoms with Crippen molar-refractivity contribution in [1.29, 1.82) is 5.26 Å². The van der Waals surface area contributed by atoms with Gasteiger partial charge in [0.15, 0.2) is 5.41 Å². The Bertz CT molecular complexity index is 382. The Kier molecular flexibility index (Phi) is 2.05. The van der Waals surface area contributed by atoms with Gasteiger partial charge in [-0.2, -0.15) is 5.26 Å². The smallest absolute Gasteiger partial charge is 0.239 e. The molecular formula is C6H9N3O3S. The average Bonchev–Trinajstić information content (AvgIpc) is 2.80. The molecule has 0 unspecified atom stereocenters. The fourth-order valence-electron chi connectivity index (χ4n) is 1.18. The van der Waals surface area contributed by atoms with Gasteiger partial charge in [-0.3, -0.25) is 4.79 Å². The number of carbonyl (C=O) groups is 1. The minimum atomic E-state index is -3.56. The largest absolute Gasteiger partial charge is 0.368 e. The van der Waals surface area contributed by atoms with Gasteiger partial charge in [-0.25, -0.2) is 13.1 Å². The van der Waals surface area contributed by atoms with Crippen LogP contribution in [0, 0.1) is 16.7 Å². The van der Waals surface area contributed by atoms with Gasteiger partial charge in [0, 0.05) is 0 Å². The van der Waals surface area contributed by atoms with Crippen LogP contribution in [-0.2, 0) is 14.8 Å². The maximum absolute atomic E-state index is 11.2. The van der Waals surface area contributed by atoms with Gasteiger partial charge < -0.3 is 5.73 Å². The van der Waals surface area contributed by atoms with Gasteiger partial charge >= 0.3 is 0 Å². The van der Waals surface area contributed by atoms with Crippen LogP contribution in [0.5, 0.6) is 0 Å². The summed E-state index contributed by atoms with van der Waals surface area (Å²) < 4.78 is 24.4. The third-order valence-corrected chi connectivity index (χ3v) is 4.08. The van der Waals surface area contributed by atoms with Crippen LogP contribution < -0.4 is 10.5 Å². The molecule has 1 fully saturated rings. The molecule has 0 spiro atoms. The van der Waals surface area contributed by atoms with E-state index in [1.165, 1.54) is 7.05 Å². The van der Waals surface area contributed by atoms with Crippen LogP contribution in [0.25, 0.3) is 0 Å². The van der Waals surface area contributed by atoms with E-state index in [-0.39, 0.29) is 6.42 Å². The topological polar surface area (TPSA) is 113 Å². The first-order valence-electron chi connectivity index (χ1n) is 3.54. The summed E-state index contributed by atoms with van der Waals surface area (Å²) in [5, 5.41) is 7.62. The fraction of sp³-hybridized carbons (Fsp3) is 0.667. The first-order chi connectivity index (χ1) is 5.90. The van der Waals surface area contributed by atoms with Gasteiger partial charge in [-0.05, 0) is 13.5 Å². The first-order valence-corrected chi connectivity index (χ1v) is 5.09. The molecule has 1 amide bonds. The molecule has 13 heavy (non-hydrogen) atoms. The molecule has 1 rings (SSSR count). The van der Waals surface area contributed by atoms with Crippen LogP contribution in [-0.4, -0.2) is 26.6 Å². The van der Waals surface area contributed by atoms with Crippen molar-refractivity contribution >= 4 is 15.9 Å². The Labute approximate surface area is 75.8 Å². The van der Waals surface area contributed by atoms with Crippen molar-refractivity contribution in [3.05, 3.63) is 0 Å². The van der Waals surface area contributed by atoms with Crippen molar-refractivity contribution in [3.63, 3.8) is 0 Å². The zero-order chi connectivity index (χ0) is 10.3. The Morgan fingerprint density at radius 1 is 1.77 bits per heavy atom. The number of nitriles is 1. The van der Waals surface area contributed by atoms with E-state index >= 15 is 0 Å². The number of nitrogens with zero attached hydrogens (tertiary/aromatic N) is 1. The van der Waals surface area contributed by atoms with Crippen LogP contribution >= 0.6 is 0 Å². The fourth-order valence-corrected chi connectivity index (χ4v) is 2.65. The number of carbonyl (C=O) groups excluding carboxylic acids is 1. The molecule has 6 nitrogen and oxygen atoms in total. The highest BCUT2D eigenvalue weighted by Crippen LogP contribution is 2.49. The number of rotatable bonds is 3.